The van der Waals surface area contributed by atoms with Crippen molar-refractivity contribution in [2.75, 3.05) is 6.61 Å². The Morgan fingerprint density at radius 1 is 1.55 bits per heavy atom. The van der Waals surface area contributed by atoms with E-state index in [0.717, 1.165) is 0 Å². The Morgan fingerprint density at radius 2 is 2.18 bits per heavy atom. The molecule has 0 saturated carbocycles. The molecule has 3 heteroatoms. The third kappa shape index (κ3) is 1.75. The summed E-state index contributed by atoms with van der Waals surface area (Å²) in [4.78, 5) is 11.0. The molecule has 0 spiro atoms. The van der Waals surface area contributed by atoms with Gasteiger partial charge < -0.3 is 4.74 Å². The maximum atomic E-state index is 11.0. The van der Waals surface area contributed by atoms with Crippen LogP contribution in [0.15, 0.2) is 9.66 Å². The second-order valence-corrected chi connectivity index (χ2v) is 3.49. The molecule has 2 atom stereocenters. The summed E-state index contributed by atoms with van der Waals surface area (Å²) in [6.07, 6.45) is 0. The van der Waals surface area contributed by atoms with Crippen molar-refractivity contribution < 1.29 is 9.53 Å². The predicted octanol–water partition coefficient (Wildman–Crippen LogP) is 2.13. The minimum Gasteiger partial charge on any atom is -0.461 e. The molecule has 1 aliphatic heterocycles. The molecule has 2 nitrogen and oxygen atoms in total. The van der Waals surface area contributed by atoms with E-state index >= 15 is 0 Å². The maximum Gasteiger partial charge on any atom is 0.309 e. The summed E-state index contributed by atoms with van der Waals surface area (Å²) in [6.45, 7) is 4.45. The van der Waals surface area contributed by atoms with E-state index in [4.69, 9.17) is 4.74 Å². The van der Waals surface area contributed by atoms with E-state index in [0.29, 0.717) is 12.5 Å². The molecule has 0 aromatic carbocycles. The first-order valence-corrected chi connectivity index (χ1v) is 4.87. The first kappa shape index (κ1) is 9.03. The number of cyclic esters (lactones) is 1. The van der Waals surface area contributed by atoms with Crippen molar-refractivity contribution >= 4 is 28.6 Å². The van der Waals surface area contributed by atoms with Crippen LogP contribution in [0, 0.1) is 11.8 Å². The lowest BCUT2D eigenvalue weighted by Gasteiger charge is -2.26. The van der Waals surface area contributed by atoms with Crippen LogP contribution in [-0.4, -0.2) is 12.6 Å². The van der Waals surface area contributed by atoms with E-state index in [9.17, 15) is 4.79 Å². The van der Waals surface area contributed by atoms with Gasteiger partial charge in [-0.05, 0) is 15.6 Å². The minimum atomic E-state index is -0.0699. The lowest BCUT2D eigenvalue weighted by atomic mass is 9.88. The number of esters is 1. The zero-order valence-corrected chi connectivity index (χ0v) is 8.79. The summed E-state index contributed by atoms with van der Waals surface area (Å²) in [5.74, 6) is 0.289. The van der Waals surface area contributed by atoms with Gasteiger partial charge in [-0.2, -0.15) is 0 Å². The van der Waals surface area contributed by atoms with Crippen molar-refractivity contribution in [1.29, 1.82) is 0 Å². The van der Waals surface area contributed by atoms with Gasteiger partial charge >= 0.3 is 5.97 Å². The van der Waals surface area contributed by atoms with E-state index in [1.165, 1.54) is 5.57 Å². The van der Waals surface area contributed by atoms with E-state index < -0.39 is 0 Å². The van der Waals surface area contributed by atoms with Crippen molar-refractivity contribution in [3.8, 4) is 0 Å². The number of halogens is 1. The molecule has 0 radical (unpaired) electrons. The highest BCUT2D eigenvalue weighted by molar-refractivity contribution is 14.1. The van der Waals surface area contributed by atoms with Crippen LogP contribution < -0.4 is 0 Å². The zero-order valence-electron chi connectivity index (χ0n) is 6.63. The fraction of sp³-hybridized carbons (Fsp3) is 0.625. The molecule has 0 bridgehead atoms. The fourth-order valence-electron chi connectivity index (χ4n) is 1.07. The summed E-state index contributed by atoms with van der Waals surface area (Å²) >= 11 is 2.19. The molecule has 0 aliphatic carbocycles. The van der Waals surface area contributed by atoms with Gasteiger partial charge in [0.05, 0.1) is 5.92 Å². The summed E-state index contributed by atoms with van der Waals surface area (Å²) in [5.41, 5.74) is 1.22. The predicted molar refractivity (Wildman–Crippen MR) is 51.4 cm³/mol. The van der Waals surface area contributed by atoms with Gasteiger partial charge in [0.25, 0.3) is 0 Å². The highest BCUT2D eigenvalue weighted by Gasteiger charge is 2.29. The molecule has 62 valence electrons. The largest absolute Gasteiger partial charge is 0.461 e. The molecule has 0 amide bonds. The summed E-state index contributed by atoms with van der Waals surface area (Å²) in [7, 11) is 0. The number of rotatable bonds is 0. The molecule has 1 saturated heterocycles. The maximum absolute atomic E-state index is 11.0. The van der Waals surface area contributed by atoms with E-state index in [1.807, 2.05) is 11.0 Å². The van der Waals surface area contributed by atoms with Crippen molar-refractivity contribution in [2.24, 2.45) is 11.8 Å². The van der Waals surface area contributed by atoms with Crippen LogP contribution in [-0.2, 0) is 9.53 Å². The van der Waals surface area contributed by atoms with E-state index in [2.05, 4.69) is 29.5 Å². The van der Waals surface area contributed by atoms with Gasteiger partial charge in [0.1, 0.15) is 6.61 Å². The van der Waals surface area contributed by atoms with Gasteiger partial charge in [0.15, 0.2) is 0 Å². The molecular weight excluding hydrogens is 255 g/mol. The van der Waals surface area contributed by atoms with Gasteiger partial charge in [-0.15, -0.1) is 0 Å². The second kappa shape index (κ2) is 3.56. The van der Waals surface area contributed by atoms with Crippen molar-refractivity contribution in [3.63, 3.8) is 0 Å². The lowest BCUT2D eigenvalue weighted by Crippen LogP contribution is -2.30. The molecule has 1 aliphatic rings. The number of carbonyl (C=O) groups excluding carboxylic acids is 1. The smallest absolute Gasteiger partial charge is 0.309 e. The van der Waals surface area contributed by atoms with Gasteiger partial charge in [0.2, 0.25) is 0 Å². The number of ether oxygens (including phenoxy) is 1. The number of hydrogen-bond donors (Lipinski definition) is 0. The molecule has 1 heterocycles. The van der Waals surface area contributed by atoms with Crippen LogP contribution in [0.3, 0.4) is 0 Å². The topological polar surface area (TPSA) is 26.3 Å². The number of hydrogen-bond acceptors (Lipinski definition) is 2. The third-order valence-electron chi connectivity index (χ3n) is 2.23. The lowest BCUT2D eigenvalue weighted by molar-refractivity contribution is -0.151. The monoisotopic (exact) mass is 266 g/mol. The molecular formula is C8H11IO2. The standard InChI is InChI=1S/C8H11IO2/c1-5-6(2)8(10)11-4-7(5)3-9/h3,5-6H,4H2,1-2H3/b7-3-. The van der Waals surface area contributed by atoms with Crippen LogP contribution >= 0.6 is 22.6 Å². The van der Waals surface area contributed by atoms with Gasteiger partial charge in [-0.25, -0.2) is 0 Å². The zero-order chi connectivity index (χ0) is 8.43. The third-order valence-corrected chi connectivity index (χ3v) is 3.03. The molecule has 1 rings (SSSR count). The Hall–Kier alpha value is -0.0600. The van der Waals surface area contributed by atoms with Crippen LogP contribution in [0.2, 0.25) is 0 Å². The molecule has 0 aromatic heterocycles. The van der Waals surface area contributed by atoms with Gasteiger partial charge in [-0.1, -0.05) is 36.4 Å². The average molecular weight is 266 g/mol. The Morgan fingerprint density at radius 3 is 2.73 bits per heavy atom. The van der Waals surface area contributed by atoms with Crippen LogP contribution in [0.4, 0.5) is 0 Å². The van der Waals surface area contributed by atoms with Crippen LogP contribution in [0.25, 0.3) is 0 Å². The molecule has 2 unspecified atom stereocenters. The van der Waals surface area contributed by atoms with Crippen molar-refractivity contribution in [3.05, 3.63) is 9.66 Å². The van der Waals surface area contributed by atoms with Crippen molar-refractivity contribution in [2.45, 2.75) is 13.8 Å². The van der Waals surface area contributed by atoms with Gasteiger partial charge in [0, 0.05) is 0 Å². The average Bonchev–Trinajstić information content (AvgIpc) is 2.01. The van der Waals surface area contributed by atoms with Crippen LogP contribution in [0.5, 0.6) is 0 Å². The van der Waals surface area contributed by atoms with E-state index in [-0.39, 0.29) is 11.9 Å². The highest BCUT2D eigenvalue weighted by Crippen LogP contribution is 2.27. The summed E-state index contributed by atoms with van der Waals surface area (Å²) < 4.78 is 6.96. The fourth-order valence-corrected chi connectivity index (χ4v) is 1.82. The highest BCUT2D eigenvalue weighted by atomic mass is 127. The summed E-state index contributed by atoms with van der Waals surface area (Å²) in [5, 5.41) is 0. The van der Waals surface area contributed by atoms with E-state index in [1.54, 1.807) is 0 Å². The first-order chi connectivity index (χ1) is 5.16. The SMILES string of the molecule is CC1C(=O)OC/C(=C/I)C1C. The summed E-state index contributed by atoms with van der Waals surface area (Å²) in [6, 6.07) is 0. The van der Waals surface area contributed by atoms with Crippen LogP contribution in [0.1, 0.15) is 13.8 Å². The quantitative estimate of drug-likeness (QED) is 0.496. The molecule has 11 heavy (non-hydrogen) atoms. The molecule has 0 N–H and O–H groups in total. The molecule has 1 fully saturated rings. The van der Waals surface area contributed by atoms with Crippen molar-refractivity contribution in [1.82, 2.24) is 0 Å². The molecule has 0 aromatic rings. The van der Waals surface area contributed by atoms with Gasteiger partial charge in [-0.3, -0.25) is 4.79 Å². The first-order valence-electron chi connectivity index (χ1n) is 3.62. The Balaban J connectivity index is 2.75. The normalized spacial score (nSPS) is 35.5. The Kier molecular flexibility index (Phi) is 2.92. The Labute approximate surface area is 80.1 Å². The number of carbonyl (C=O) groups is 1. The second-order valence-electron chi connectivity index (χ2n) is 2.87. The Bertz CT molecular complexity index is 198. The minimum absolute atomic E-state index is 0.0183.